The zero-order chi connectivity index (χ0) is 21.5. The Morgan fingerprint density at radius 1 is 0.724 bits per heavy atom. The van der Waals surface area contributed by atoms with Crippen molar-refractivity contribution in [2.24, 2.45) is 5.41 Å². The van der Waals surface area contributed by atoms with E-state index in [-0.39, 0.29) is 5.41 Å². The van der Waals surface area contributed by atoms with Crippen LogP contribution in [-0.2, 0) is 5.41 Å². The largest absolute Gasteiger partial charge is 0.0654 e. The lowest BCUT2D eigenvalue weighted by molar-refractivity contribution is 0.226. The van der Waals surface area contributed by atoms with Crippen molar-refractivity contribution in [3.63, 3.8) is 0 Å². The summed E-state index contributed by atoms with van der Waals surface area (Å²) in [5.74, 6) is 1.26. The molecule has 0 nitrogen and oxygen atoms in total. The van der Waals surface area contributed by atoms with E-state index in [9.17, 15) is 0 Å². The normalized spacial score (nSPS) is 14.6. The predicted octanol–water partition coefficient (Wildman–Crippen LogP) is 9.26. The van der Waals surface area contributed by atoms with Crippen LogP contribution in [0.5, 0.6) is 0 Å². The Balaban J connectivity index is 2.01. The number of unbranched alkanes of at least 4 members (excludes halogenated alkanes) is 2. The topological polar surface area (TPSA) is 0 Å². The summed E-state index contributed by atoms with van der Waals surface area (Å²) in [7, 11) is 0. The van der Waals surface area contributed by atoms with E-state index in [4.69, 9.17) is 0 Å². The lowest BCUT2D eigenvalue weighted by atomic mass is 9.68. The van der Waals surface area contributed by atoms with E-state index >= 15 is 0 Å². The number of hydrogen-bond acceptors (Lipinski definition) is 0. The molecule has 0 spiro atoms. The molecule has 160 valence electrons. The van der Waals surface area contributed by atoms with Crippen molar-refractivity contribution in [2.45, 2.75) is 104 Å². The predicted molar refractivity (Wildman–Crippen MR) is 130 cm³/mol. The van der Waals surface area contributed by atoms with E-state index < -0.39 is 0 Å². The molecule has 29 heavy (non-hydrogen) atoms. The summed E-state index contributed by atoms with van der Waals surface area (Å²) in [4.78, 5) is 0. The minimum atomic E-state index is 0.184. The Morgan fingerprint density at radius 3 is 1.90 bits per heavy atom. The van der Waals surface area contributed by atoms with Crippen molar-refractivity contribution in [2.75, 3.05) is 0 Å². The summed E-state index contributed by atoms with van der Waals surface area (Å²) in [5.41, 5.74) is 4.91. The van der Waals surface area contributed by atoms with E-state index in [2.05, 4.69) is 103 Å². The molecule has 0 bridgehead atoms. The van der Waals surface area contributed by atoms with Crippen LogP contribution >= 0.6 is 0 Å². The van der Waals surface area contributed by atoms with Gasteiger partial charge in [-0.2, -0.15) is 0 Å². The van der Waals surface area contributed by atoms with Crippen LogP contribution in [-0.4, -0.2) is 0 Å². The lowest BCUT2D eigenvalue weighted by Crippen LogP contribution is -2.28. The molecule has 0 radical (unpaired) electrons. The average molecular weight is 393 g/mol. The van der Waals surface area contributed by atoms with Crippen LogP contribution in [0.15, 0.2) is 54.6 Å². The molecule has 2 aromatic rings. The van der Waals surface area contributed by atoms with Gasteiger partial charge in [0.15, 0.2) is 0 Å². The lowest BCUT2D eigenvalue weighted by Gasteiger charge is -2.37. The smallest absolute Gasteiger partial charge is 0.00985 e. The molecular weight excluding hydrogens is 348 g/mol. The molecule has 0 fully saturated rings. The summed E-state index contributed by atoms with van der Waals surface area (Å²) in [6.45, 7) is 16.8. The summed E-state index contributed by atoms with van der Waals surface area (Å²) < 4.78 is 0. The van der Waals surface area contributed by atoms with Crippen molar-refractivity contribution in [1.29, 1.82) is 0 Å². The average Bonchev–Trinajstić information content (AvgIpc) is 2.67. The van der Waals surface area contributed by atoms with Crippen molar-refractivity contribution < 1.29 is 0 Å². The first-order valence-corrected chi connectivity index (χ1v) is 11.8. The standard InChI is InChI=1S/C29H44/c1-8-9-11-14-23(2)26-17-19-27(20-18-26)29(6,7)22-28(4,5)21-24(3)25-15-12-10-13-16-25/h10,12-13,15-20,23-24H,8-9,11,14,21-22H2,1-7H3. The zero-order valence-electron chi connectivity index (χ0n) is 20.1. The van der Waals surface area contributed by atoms with Gasteiger partial charge in [-0.15, -0.1) is 0 Å². The second kappa shape index (κ2) is 10.5. The monoisotopic (exact) mass is 392 g/mol. The van der Waals surface area contributed by atoms with Gasteiger partial charge < -0.3 is 0 Å². The third-order valence-corrected chi connectivity index (χ3v) is 6.65. The van der Waals surface area contributed by atoms with Crippen LogP contribution in [0.3, 0.4) is 0 Å². The van der Waals surface area contributed by atoms with Crippen LogP contribution in [0.2, 0.25) is 0 Å². The Labute approximate surface area is 181 Å². The van der Waals surface area contributed by atoms with Crippen molar-refractivity contribution >= 4 is 0 Å². The molecule has 0 aliphatic rings. The summed E-state index contributed by atoms with van der Waals surface area (Å²) in [6.07, 6.45) is 7.72. The highest BCUT2D eigenvalue weighted by atomic mass is 14.4. The Hall–Kier alpha value is -1.56. The van der Waals surface area contributed by atoms with Crippen LogP contribution < -0.4 is 0 Å². The van der Waals surface area contributed by atoms with E-state index in [1.165, 1.54) is 55.2 Å². The second-order valence-corrected chi connectivity index (χ2v) is 10.8. The molecule has 0 heteroatoms. The Kier molecular flexibility index (Phi) is 8.56. The summed E-state index contributed by atoms with van der Waals surface area (Å²) >= 11 is 0. The third kappa shape index (κ3) is 7.32. The number of rotatable bonds is 11. The summed E-state index contributed by atoms with van der Waals surface area (Å²) in [5, 5.41) is 0. The van der Waals surface area contributed by atoms with Crippen LogP contribution in [0, 0.1) is 5.41 Å². The van der Waals surface area contributed by atoms with Gasteiger partial charge in [-0.3, -0.25) is 0 Å². The van der Waals surface area contributed by atoms with Gasteiger partial charge in [0, 0.05) is 0 Å². The fourth-order valence-electron chi connectivity index (χ4n) is 5.23. The highest BCUT2D eigenvalue weighted by Gasteiger charge is 2.31. The first kappa shape index (κ1) is 23.7. The van der Waals surface area contributed by atoms with Gasteiger partial charge in [0.25, 0.3) is 0 Å². The fraction of sp³-hybridized carbons (Fsp3) is 0.586. The van der Waals surface area contributed by atoms with Crippen molar-refractivity contribution in [1.82, 2.24) is 0 Å². The highest BCUT2D eigenvalue weighted by Crippen LogP contribution is 2.42. The van der Waals surface area contributed by atoms with E-state index in [0.717, 1.165) is 0 Å². The van der Waals surface area contributed by atoms with Gasteiger partial charge in [-0.25, -0.2) is 0 Å². The molecule has 2 atom stereocenters. The zero-order valence-corrected chi connectivity index (χ0v) is 20.1. The van der Waals surface area contributed by atoms with Crippen molar-refractivity contribution in [3.8, 4) is 0 Å². The first-order valence-electron chi connectivity index (χ1n) is 11.8. The minimum absolute atomic E-state index is 0.184. The van der Waals surface area contributed by atoms with Gasteiger partial charge in [-0.05, 0) is 58.6 Å². The molecule has 2 aromatic carbocycles. The van der Waals surface area contributed by atoms with Crippen LogP contribution in [0.4, 0.5) is 0 Å². The van der Waals surface area contributed by atoms with Gasteiger partial charge in [-0.1, -0.05) is 122 Å². The van der Waals surface area contributed by atoms with Crippen LogP contribution in [0.1, 0.15) is 116 Å². The molecule has 0 aromatic heterocycles. The Bertz CT molecular complexity index is 705. The van der Waals surface area contributed by atoms with Gasteiger partial charge in [0.05, 0.1) is 0 Å². The fourth-order valence-corrected chi connectivity index (χ4v) is 5.23. The van der Waals surface area contributed by atoms with Gasteiger partial charge in [0.1, 0.15) is 0 Å². The maximum absolute atomic E-state index is 2.44. The SMILES string of the molecule is CCCCCC(C)c1ccc(C(C)(C)CC(C)(C)CC(C)c2ccccc2)cc1. The highest BCUT2D eigenvalue weighted by molar-refractivity contribution is 5.30. The summed E-state index contributed by atoms with van der Waals surface area (Å²) in [6, 6.07) is 20.5. The maximum Gasteiger partial charge on any atom is -0.00985 e. The van der Waals surface area contributed by atoms with Crippen LogP contribution in [0.25, 0.3) is 0 Å². The van der Waals surface area contributed by atoms with Gasteiger partial charge >= 0.3 is 0 Å². The molecule has 0 aliphatic carbocycles. The molecule has 0 amide bonds. The maximum atomic E-state index is 2.44. The molecular formula is C29H44. The van der Waals surface area contributed by atoms with Crippen molar-refractivity contribution in [3.05, 3.63) is 71.3 Å². The molecule has 0 saturated carbocycles. The van der Waals surface area contributed by atoms with E-state index in [1.54, 1.807) is 0 Å². The quantitative estimate of drug-likeness (QED) is 0.334. The van der Waals surface area contributed by atoms with Gasteiger partial charge in [0.2, 0.25) is 0 Å². The molecule has 2 rings (SSSR count). The third-order valence-electron chi connectivity index (χ3n) is 6.65. The second-order valence-electron chi connectivity index (χ2n) is 10.8. The molecule has 0 heterocycles. The van der Waals surface area contributed by atoms with E-state index in [1.807, 2.05) is 0 Å². The Morgan fingerprint density at radius 2 is 1.31 bits per heavy atom. The first-order chi connectivity index (χ1) is 13.6. The molecule has 0 saturated heterocycles. The minimum Gasteiger partial charge on any atom is -0.0654 e. The molecule has 0 aliphatic heterocycles. The van der Waals surface area contributed by atoms with E-state index in [0.29, 0.717) is 17.3 Å². The number of hydrogen-bond donors (Lipinski definition) is 0. The molecule has 0 N–H and O–H groups in total. The molecule has 2 unspecified atom stereocenters. The number of benzene rings is 2.